The second-order valence-corrected chi connectivity index (χ2v) is 12.2. The molecule has 0 N–H and O–H groups in total. The lowest BCUT2D eigenvalue weighted by molar-refractivity contribution is -0.144. The molecule has 0 aliphatic heterocycles. The van der Waals surface area contributed by atoms with Crippen LogP contribution in [0.5, 0.6) is 0 Å². The Hall–Kier alpha value is -1.25. The van der Waals surface area contributed by atoms with Crippen LogP contribution in [-0.4, -0.2) is 19.2 Å². The minimum Gasteiger partial charge on any atom is -0.498 e. The van der Waals surface area contributed by atoms with Gasteiger partial charge in [-0.3, -0.25) is 4.79 Å². The molecule has 0 aliphatic carbocycles. The Balaban J connectivity index is 3.24. The molecule has 0 aromatic rings. The van der Waals surface area contributed by atoms with Gasteiger partial charge in [-0.15, -0.1) is 0 Å². The lowest BCUT2D eigenvalue weighted by atomic mass is 10.0. The lowest BCUT2D eigenvalue weighted by Crippen LogP contribution is -2.09. The summed E-state index contributed by atoms with van der Waals surface area (Å²) in [5.74, 6) is -0.0791. The van der Waals surface area contributed by atoms with Gasteiger partial charge in [0.05, 0.1) is 6.26 Å². The molecule has 0 amide bonds. The Morgan fingerprint density at radius 3 is 1.24 bits per heavy atom. The summed E-state index contributed by atoms with van der Waals surface area (Å²) in [4.78, 5) is 11.9. The minimum atomic E-state index is -0.0791. The minimum absolute atomic E-state index is 0.0791. The van der Waals surface area contributed by atoms with Crippen LogP contribution in [0.25, 0.3) is 0 Å². The predicted octanol–water partition coefficient (Wildman–Crippen LogP) is 13.0. The summed E-state index contributed by atoms with van der Waals surface area (Å²) in [7, 11) is 0. The van der Waals surface area contributed by atoms with Gasteiger partial charge in [-0.05, 0) is 51.0 Å². The first-order valence-electron chi connectivity index (χ1n) is 18.4. The van der Waals surface area contributed by atoms with Gasteiger partial charge in [-0.1, -0.05) is 161 Å². The van der Waals surface area contributed by atoms with Crippen molar-refractivity contribution in [1.29, 1.82) is 0 Å². The Morgan fingerprint density at radius 1 is 0.439 bits per heavy atom. The molecule has 3 heteroatoms. The number of allylic oxidation sites excluding steroid dienone is 3. The highest BCUT2D eigenvalue weighted by molar-refractivity contribution is 5.69. The van der Waals surface area contributed by atoms with Crippen LogP contribution < -0.4 is 0 Å². The summed E-state index contributed by atoms with van der Waals surface area (Å²) in [6.07, 6.45) is 46.3. The molecule has 0 saturated carbocycles. The number of unbranched alkanes of at least 4 members (excludes halogenated alkanes) is 25. The zero-order valence-electron chi connectivity index (χ0n) is 28.0. The molecule has 0 aromatic heterocycles. The van der Waals surface area contributed by atoms with Crippen LogP contribution in [0.1, 0.15) is 200 Å². The van der Waals surface area contributed by atoms with Crippen LogP contribution in [-0.2, 0) is 14.3 Å². The van der Waals surface area contributed by atoms with Gasteiger partial charge in [0.15, 0.2) is 0 Å². The topological polar surface area (TPSA) is 35.5 Å². The highest BCUT2D eigenvalue weighted by Crippen LogP contribution is 2.14. The zero-order chi connectivity index (χ0) is 29.7. The number of rotatable bonds is 34. The maximum Gasteiger partial charge on any atom is 0.305 e. The van der Waals surface area contributed by atoms with Crippen molar-refractivity contribution in [3.05, 3.63) is 24.5 Å². The lowest BCUT2D eigenvalue weighted by Gasteiger charge is -2.05. The predicted molar refractivity (Wildman–Crippen MR) is 180 cm³/mol. The third kappa shape index (κ3) is 36.7. The van der Waals surface area contributed by atoms with Gasteiger partial charge >= 0.3 is 5.97 Å². The van der Waals surface area contributed by atoms with Gasteiger partial charge < -0.3 is 9.47 Å². The summed E-state index contributed by atoms with van der Waals surface area (Å²) in [5.41, 5.74) is 0. The first kappa shape index (κ1) is 39.8. The molecule has 0 bridgehead atoms. The monoisotopic (exact) mass is 577 g/mol. The summed E-state index contributed by atoms with van der Waals surface area (Å²) in [5, 5.41) is 0. The number of carbonyl (C=O) groups is 1. The van der Waals surface area contributed by atoms with Crippen molar-refractivity contribution in [2.24, 2.45) is 0 Å². The second kappa shape index (κ2) is 36.8. The van der Waals surface area contributed by atoms with E-state index < -0.39 is 0 Å². The first-order chi connectivity index (χ1) is 20.3. The van der Waals surface area contributed by atoms with Crippen LogP contribution in [0.15, 0.2) is 24.5 Å². The average Bonchev–Trinajstić information content (AvgIpc) is 2.98. The molecular weight excluding hydrogens is 504 g/mol. The standard InChI is InChI=1S/C38H72O3/c1-3-5-7-9-11-13-15-17-19-21-23-25-27-29-31-33-35-40-36-37-41-38(39)34-32-30-28-26-24-22-20-18-16-14-12-10-8-6-4-2/h17,19,33,35H,3-16,18,20-32,34,36-37H2,1-2H3/b19-17+,35-33+. The van der Waals surface area contributed by atoms with E-state index in [0.717, 1.165) is 19.3 Å². The smallest absolute Gasteiger partial charge is 0.305 e. The van der Waals surface area contributed by atoms with Crippen LogP contribution in [0.4, 0.5) is 0 Å². The van der Waals surface area contributed by atoms with E-state index in [4.69, 9.17) is 9.47 Å². The van der Waals surface area contributed by atoms with Gasteiger partial charge in [0.2, 0.25) is 0 Å². The van der Waals surface area contributed by atoms with Crippen molar-refractivity contribution in [2.75, 3.05) is 13.2 Å². The molecular formula is C38H72O3. The van der Waals surface area contributed by atoms with E-state index in [0.29, 0.717) is 19.6 Å². The highest BCUT2D eigenvalue weighted by atomic mass is 16.6. The Bertz CT molecular complexity index is 554. The molecule has 0 saturated heterocycles. The molecule has 0 heterocycles. The summed E-state index contributed by atoms with van der Waals surface area (Å²) in [6.45, 7) is 5.37. The Labute approximate surface area is 257 Å². The van der Waals surface area contributed by atoms with Crippen LogP contribution in [0.2, 0.25) is 0 Å². The van der Waals surface area contributed by atoms with Gasteiger partial charge in [-0.2, -0.15) is 0 Å². The largest absolute Gasteiger partial charge is 0.498 e. The molecule has 0 unspecified atom stereocenters. The van der Waals surface area contributed by atoms with E-state index in [1.807, 2.05) is 0 Å². The van der Waals surface area contributed by atoms with Crippen LogP contribution >= 0.6 is 0 Å². The fraction of sp³-hybridized carbons (Fsp3) is 0.868. The van der Waals surface area contributed by atoms with Gasteiger partial charge in [0.1, 0.15) is 13.2 Å². The van der Waals surface area contributed by atoms with Gasteiger partial charge in [0.25, 0.3) is 0 Å². The summed E-state index contributed by atoms with van der Waals surface area (Å²) < 4.78 is 10.8. The third-order valence-corrected chi connectivity index (χ3v) is 8.02. The van der Waals surface area contributed by atoms with E-state index in [2.05, 4.69) is 32.1 Å². The molecule has 0 spiro atoms. The van der Waals surface area contributed by atoms with Crippen molar-refractivity contribution < 1.29 is 14.3 Å². The summed E-state index contributed by atoms with van der Waals surface area (Å²) in [6, 6.07) is 0. The fourth-order valence-electron chi connectivity index (χ4n) is 5.28. The van der Waals surface area contributed by atoms with Crippen molar-refractivity contribution >= 4 is 5.97 Å². The molecule has 0 aliphatic rings. The van der Waals surface area contributed by atoms with Gasteiger partial charge in [-0.25, -0.2) is 0 Å². The molecule has 0 atom stereocenters. The van der Waals surface area contributed by atoms with Crippen LogP contribution in [0.3, 0.4) is 0 Å². The maximum absolute atomic E-state index is 11.9. The Morgan fingerprint density at radius 2 is 0.805 bits per heavy atom. The zero-order valence-corrected chi connectivity index (χ0v) is 28.0. The number of hydrogen-bond acceptors (Lipinski definition) is 3. The molecule has 0 rings (SSSR count). The number of carbonyl (C=O) groups excluding carboxylic acids is 1. The van der Waals surface area contributed by atoms with Crippen molar-refractivity contribution in [2.45, 2.75) is 200 Å². The number of ether oxygens (including phenoxy) is 2. The van der Waals surface area contributed by atoms with Crippen molar-refractivity contribution in [1.82, 2.24) is 0 Å². The van der Waals surface area contributed by atoms with E-state index >= 15 is 0 Å². The normalized spacial score (nSPS) is 11.7. The molecule has 41 heavy (non-hydrogen) atoms. The summed E-state index contributed by atoms with van der Waals surface area (Å²) >= 11 is 0. The van der Waals surface area contributed by atoms with E-state index in [1.54, 1.807) is 6.26 Å². The average molecular weight is 577 g/mol. The maximum atomic E-state index is 11.9. The number of esters is 1. The molecule has 0 aromatic carbocycles. The van der Waals surface area contributed by atoms with Crippen molar-refractivity contribution in [3.63, 3.8) is 0 Å². The SMILES string of the molecule is CCCCCCCC/C=C/CCCCCC/C=C/OCCOC(=O)CCCCCCCCCCCCCCCCC. The van der Waals surface area contributed by atoms with Gasteiger partial charge in [0, 0.05) is 6.42 Å². The van der Waals surface area contributed by atoms with E-state index in [1.165, 1.54) is 161 Å². The van der Waals surface area contributed by atoms with E-state index in [9.17, 15) is 4.79 Å². The molecule has 0 fully saturated rings. The van der Waals surface area contributed by atoms with Crippen molar-refractivity contribution in [3.8, 4) is 0 Å². The first-order valence-corrected chi connectivity index (χ1v) is 18.4. The molecule has 242 valence electrons. The Kier molecular flexibility index (Phi) is 35.7. The number of hydrogen-bond donors (Lipinski definition) is 0. The second-order valence-electron chi connectivity index (χ2n) is 12.2. The molecule has 3 nitrogen and oxygen atoms in total. The quantitative estimate of drug-likeness (QED) is 0.0331. The highest BCUT2D eigenvalue weighted by Gasteiger charge is 2.02. The third-order valence-electron chi connectivity index (χ3n) is 8.02. The fourth-order valence-corrected chi connectivity index (χ4v) is 5.28. The van der Waals surface area contributed by atoms with Crippen LogP contribution in [0, 0.1) is 0 Å². The molecule has 0 radical (unpaired) electrons. The van der Waals surface area contributed by atoms with E-state index in [-0.39, 0.29) is 5.97 Å².